The van der Waals surface area contributed by atoms with Crippen molar-refractivity contribution in [1.82, 2.24) is 9.80 Å². The molecule has 0 aromatic heterocycles. The second kappa shape index (κ2) is 10.8. The number of esters is 1. The van der Waals surface area contributed by atoms with E-state index in [1.54, 1.807) is 20.2 Å². The number of hydrogen-bond donors (Lipinski definition) is 0. The second-order valence-electron chi connectivity index (χ2n) is 10.1. The summed E-state index contributed by atoms with van der Waals surface area (Å²) in [6.07, 6.45) is 6.51. The van der Waals surface area contributed by atoms with Gasteiger partial charge in [-0.2, -0.15) is 0 Å². The summed E-state index contributed by atoms with van der Waals surface area (Å²) < 4.78 is 20.6. The fraction of sp³-hybridized carbons (Fsp3) is 0.536. The molecule has 2 aliphatic rings. The van der Waals surface area contributed by atoms with Gasteiger partial charge in [0.2, 0.25) is 11.8 Å². The maximum atomic E-state index is 15.3. The van der Waals surface area contributed by atoms with Gasteiger partial charge in [-0.05, 0) is 55.7 Å². The van der Waals surface area contributed by atoms with Gasteiger partial charge in [0.05, 0.1) is 18.5 Å². The lowest BCUT2D eigenvalue weighted by Gasteiger charge is -2.29. The van der Waals surface area contributed by atoms with Crippen LogP contribution in [-0.2, 0) is 24.5 Å². The number of likely N-dealkylation sites (N-methyl/N-ethyl adjacent to an activating group) is 2. The number of nitrogens with zero attached hydrogens (tertiary/aromatic N) is 2. The summed E-state index contributed by atoms with van der Waals surface area (Å²) in [4.78, 5) is 39.6. The maximum absolute atomic E-state index is 15.3. The molecule has 0 heterocycles. The van der Waals surface area contributed by atoms with Crippen molar-refractivity contribution in [2.24, 2.45) is 5.92 Å². The third-order valence-corrected chi connectivity index (χ3v) is 7.37. The molecule has 3 rings (SSSR count). The third-order valence-electron chi connectivity index (χ3n) is 7.37. The molecule has 2 aliphatic carbocycles. The molecule has 2 atom stereocenters. The first-order valence-corrected chi connectivity index (χ1v) is 12.3. The highest BCUT2D eigenvalue weighted by atomic mass is 19.1. The third kappa shape index (κ3) is 6.19. The van der Waals surface area contributed by atoms with E-state index in [2.05, 4.69) is 19.9 Å². The van der Waals surface area contributed by atoms with E-state index in [1.165, 1.54) is 35.3 Å². The fourth-order valence-corrected chi connectivity index (χ4v) is 4.68. The molecular formula is C28H37FN2O4. The Kier molecular flexibility index (Phi) is 8.18. The molecule has 1 aromatic carbocycles. The van der Waals surface area contributed by atoms with Gasteiger partial charge in [-0.3, -0.25) is 14.4 Å². The van der Waals surface area contributed by atoms with Gasteiger partial charge < -0.3 is 14.5 Å². The predicted molar refractivity (Wildman–Crippen MR) is 134 cm³/mol. The molecular weight excluding hydrogens is 447 g/mol. The van der Waals surface area contributed by atoms with E-state index in [4.69, 9.17) is 4.74 Å². The summed E-state index contributed by atoms with van der Waals surface area (Å²) in [5.74, 6) is -0.599. The Balaban J connectivity index is 1.76. The van der Waals surface area contributed by atoms with Crippen molar-refractivity contribution in [1.29, 1.82) is 0 Å². The number of allylic oxidation sites excluding steroid dienone is 4. The van der Waals surface area contributed by atoms with Gasteiger partial charge in [0.25, 0.3) is 0 Å². The second-order valence-corrected chi connectivity index (χ2v) is 10.1. The maximum Gasteiger partial charge on any atom is 0.303 e. The Morgan fingerprint density at radius 1 is 1.11 bits per heavy atom. The zero-order valence-electron chi connectivity index (χ0n) is 21.7. The van der Waals surface area contributed by atoms with E-state index in [0.717, 1.165) is 18.4 Å². The van der Waals surface area contributed by atoms with Crippen molar-refractivity contribution in [2.45, 2.75) is 64.9 Å². The molecule has 0 N–H and O–H groups in total. The number of carbonyl (C=O) groups is 3. The summed E-state index contributed by atoms with van der Waals surface area (Å²) >= 11 is 0. The zero-order valence-corrected chi connectivity index (χ0v) is 21.7. The monoisotopic (exact) mass is 484 g/mol. The predicted octanol–water partition coefficient (Wildman–Crippen LogP) is 4.49. The van der Waals surface area contributed by atoms with E-state index in [1.807, 2.05) is 12.1 Å². The number of rotatable bonds is 8. The minimum atomic E-state index is -0.760. The van der Waals surface area contributed by atoms with Crippen molar-refractivity contribution in [3.63, 3.8) is 0 Å². The van der Waals surface area contributed by atoms with Crippen LogP contribution in [0.2, 0.25) is 0 Å². The number of carbonyl (C=O) groups excluding carboxylic acids is 3. The van der Waals surface area contributed by atoms with Gasteiger partial charge >= 0.3 is 5.97 Å². The first kappa shape index (κ1) is 26.6. The van der Waals surface area contributed by atoms with Crippen molar-refractivity contribution < 1.29 is 23.5 Å². The topological polar surface area (TPSA) is 66.9 Å². The van der Waals surface area contributed by atoms with Crippen LogP contribution in [0.5, 0.6) is 0 Å². The van der Waals surface area contributed by atoms with Gasteiger partial charge in [0.1, 0.15) is 11.9 Å². The summed E-state index contributed by atoms with van der Waals surface area (Å²) in [6, 6.07) is 5.18. The Labute approximate surface area is 207 Å². The molecule has 2 unspecified atom stereocenters. The van der Waals surface area contributed by atoms with E-state index in [-0.39, 0.29) is 30.7 Å². The van der Waals surface area contributed by atoms with Crippen LogP contribution in [0, 0.1) is 11.7 Å². The molecule has 1 fully saturated rings. The molecule has 190 valence electrons. The zero-order chi connectivity index (χ0) is 25.9. The van der Waals surface area contributed by atoms with Crippen LogP contribution in [-0.4, -0.2) is 60.9 Å². The molecule has 0 saturated heterocycles. The van der Waals surface area contributed by atoms with Crippen molar-refractivity contribution in [2.75, 3.05) is 27.2 Å². The number of benzene rings is 1. The van der Waals surface area contributed by atoms with Gasteiger partial charge in [0.15, 0.2) is 0 Å². The minimum Gasteiger partial charge on any atom is -0.459 e. The van der Waals surface area contributed by atoms with Gasteiger partial charge in [-0.15, -0.1) is 0 Å². The molecule has 7 heteroatoms. The molecule has 0 bridgehead atoms. The number of halogens is 1. The van der Waals surface area contributed by atoms with Gasteiger partial charge in [-0.1, -0.05) is 36.8 Å². The van der Waals surface area contributed by atoms with Crippen LogP contribution in [0.3, 0.4) is 0 Å². The summed E-state index contributed by atoms with van der Waals surface area (Å²) in [5.41, 5.74) is 2.78. The lowest BCUT2D eigenvalue weighted by molar-refractivity contribution is -0.152. The molecule has 6 nitrogen and oxygen atoms in total. The highest BCUT2D eigenvalue weighted by molar-refractivity contribution is 5.91. The molecule has 2 amide bonds. The highest BCUT2D eigenvalue weighted by Gasteiger charge is 2.53. The van der Waals surface area contributed by atoms with Gasteiger partial charge in [0, 0.05) is 33.5 Å². The molecule has 1 aromatic rings. The molecule has 1 saturated carbocycles. The Morgan fingerprint density at radius 3 is 2.34 bits per heavy atom. The van der Waals surface area contributed by atoms with Crippen molar-refractivity contribution in [3.8, 4) is 0 Å². The summed E-state index contributed by atoms with van der Waals surface area (Å²) in [5, 5.41) is 0. The average Bonchev–Trinajstić information content (AvgIpc) is 3.60. The normalized spacial score (nSPS) is 19.6. The first-order chi connectivity index (χ1) is 16.4. The lowest BCUT2D eigenvalue weighted by atomic mass is 9.90. The average molecular weight is 485 g/mol. The molecule has 0 spiro atoms. The van der Waals surface area contributed by atoms with E-state index in [0.29, 0.717) is 29.9 Å². The van der Waals surface area contributed by atoms with Crippen LogP contribution in [0.4, 0.5) is 4.39 Å². The van der Waals surface area contributed by atoms with Crippen LogP contribution in [0.25, 0.3) is 5.57 Å². The molecule has 0 aliphatic heterocycles. The minimum absolute atomic E-state index is 0.131. The largest absolute Gasteiger partial charge is 0.459 e. The number of ether oxygens (including phenoxy) is 1. The number of hydrogen-bond acceptors (Lipinski definition) is 4. The Morgan fingerprint density at radius 2 is 1.77 bits per heavy atom. The van der Waals surface area contributed by atoms with E-state index >= 15 is 4.39 Å². The quantitative estimate of drug-likeness (QED) is 0.510. The smallest absolute Gasteiger partial charge is 0.303 e. The van der Waals surface area contributed by atoms with Crippen molar-refractivity contribution in [3.05, 3.63) is 52.9 Å². The highest BCUT2D eigenvalue weighted by Crippen LogP contribution is 2.50. The van der Waals surface area contributed by atoms with Crippen LogP contribution in [0.1, 0.15) is 64.5 Å². The van der Waals surface area contributed by atoms with Crippen LogP contribution >= 0.6 is 0 Å². The summed E-state index contributed by atoms with van der Waals surface area (Å²) in [7, 11) is 3.28. The summed E-state index contributed by atoms with van der Waals surface area (Å²) in [6.45, 7) is 7.36. The molecule has 35 heavy (non-hydrogen) atoms. The Hall–Kier alpha value is -2.96. The van der Waals surface area contributed by atoms with Gasteiger partial charge in [-0.25, -0.2) is 4.39 Å². The SMILES string of the molecule is CC(=O)OC(CN(C)C(C)=O)CN(C)C(=O)C1(c2ccc(C3=CC=C(C)C(C)CC3)c(F)c2)CC1. The van der Waals surface area contributed by atoms with E-state index < -0.39 is 17.5 Å². The van der Waals surface area contributed by atoms with Crippen LogP contribution < -0.4 is 0 Å². The Bertz CT molecular complexity index is 1060. The fourth-order valence-electron chi connectivity index (χ4n) is 4.68. The first-order valence-electron chi connectivity index (χ1n) is 12.3. The molecule has 0 radical (unpaired) electrons. The lowest BCUT2D eigenvalue weighted by Crippen LogP contribution is -2.46. The standard InChI is InChI=1S/C28H37FN2O4/c1-18-7-9-22(10-8-19(18)2)25-12-11-23(15-26(25)29)28(13-14-28)27(34)31(6)17-24(35-21(4)33)16-30(5)20(3)32/h7,9,11-12,15,19,24H,8,10,13-14,16-17H2,1-6H3. The van der Waals surface area contributed by atoms with Crippen molar-refractivity contribution >= 4 is 23.4 Å². The number of amides is 2. The van der Waals surface area contributed by atoms with Crippen LogP contribution in [0.15, 0.2) is 35.9 Å². The van der Waals surface area contributed by atoms with E-state index in [9.17, 15) is 14.4 Å².